The average Bonchev–Trinajstić information content (AvgIpc) is 2.63. The third kappa shape index (κ3) is 4.49. The van der Waals surface area contributed by atoms with Crippen LogP contribution in [0.4, 0.5) is 0 Å². The van der Waals surface area contributed by atoms with E-state index in [2.05, 4.69) is 5.32 Å². The van der Waals surface area contributed by atoms with Crippen LogP contribution < -0.4 is 14.8 Å². The number of hydrogen-bond donors (Lipinski definition) is 2. The Bertz CT molecular complexity index is 920. The number of rotatable bonds is 6. The van der Waals surface area contributed by atoms with Crippen LogP contribution in [0.25, 0.3) is 0 Å². The summed E-state index contributed by atoms with van der Waals surface area (Å²) < 4.78 is 11.1. The zero-order valence-corrected chi connectivity index (χ0v) is 15.7. The van der Waals surface area contributed by atoms with Crippen LogP contribution in [-0.2, 0) is 4.79 Å². The van der Waals surface area contributed by atoms with Crippen molar-refractivity contribution in [3.05, 3.63) is 53.6 Å². The summed E-state index contributed by atoms with van der Waals surface area (Å²) in [6.45, 7) is 3.05. The maximum Gasteiger partial charge on any atom is 0.258 e. The lowest BCUT2D eigenvalue weighted by molar-refractivity contribution is -0.122. The molecule has 7 heteroatoms. The minimum absolute atomic E-state index is 0.115. The highest BCUT2D eigenvalue weighted by molar-refractivity contribution is 6.03. The quantitative estimate of drug-likeness (QED) is 0.743. The zero-order valence-electron chi connectivity index (χ0n) is 15.7. The van der Waals surface area contributed by atoms with Crippen LogP contribution in [0, 0.1) is 0 Å². The Kier molecular flexibility index (Phi) is 5.35. The van der Waals surface area contributed by atoms with Gasteiger partial charge in [0.15, 0.2) is 18.2 Å². The number of ketones is 2. The summed E-state index contributed by atoms with van der Waals surface area (Å²) in [6.07, 6.45) is 0.158. The number of hydrogen-bond acceptors (Lipinski definition) is 6. The lowest BCUT2D eigenvalue weighted by atomic mass is 9.92. The van der Waals surface area contributed by atoms with Gasteiger partial charge in [0.2, 0.25) is 0 Å². The molecule has 0 spiro atoms. The van der Waals surface area contributed by atoms with Crippen molar-refractivity contribution in [3.63, 3.8) is 0 Å². The van der Waals surface area contributed by atoms with Gasteiger partial charge in [-0.2, -0.15) is 0 Å². The van der Waals surface area contributed by atoms with E-state index >= 15 is 0 Å². The minimum atomic E-state index is -0.690. The van der Waals surface area contributed by atoms with Crippen molar-refractivity contribution in [1.82, 2.24) is 5.32 Å². The molecule has 2 aromatic rings. The number of fused-ring (bicyclic) bond motifs is 1. The van der Waals surface area contributed by atoms with Gasteiger partial charge < -0.3 is 19.9 Å². The number of nitrogens with one attached hydrogen (secondary N) is 1. The van der Waals surface area contributed by atoms with Crippen molar-refractivity contribution in [1.29, 1.82) is 0 Å². The standard InChI is InChI=1S/C21H21NO6/c1-21(2)10-16(24)20-15(23)8-14(9-18(20)28-21)27-12-19(26)22-11-17(25)13-6-4-3-5-7-13/h3-9,23H,10-12H2,1-2H3,(H,22,26). The molecule has 7 nitrogen and oxygen atoms in total. The van der Waals surface area contributed by atoms with Gasteiger partial charge in [-0.3, -0.25) is 14.4 Å². The van der Waals surface area contributed by atoms with E-state index in [-0.39, 0.29) is 54.0 Å². The fourth-order valence-electron chi connectivity index (χ4n) is 2.93. The maximum absolute atomic E-state index is 12.2. The molecule has 1 aliphatic heterocycles. The van der Waals surface area contributed by atoms with E-state index in [9.17, 15) is 19.5 Å². The van der Waals surface area contributed by atoms with Gasteiger partial charge in [-0.15, -0.1) is 0 Å². The molecule has 2 N–H and O–H groups in total. The van der Waals surface area contributed by atoms with Crippen molar-refractivity contribution < 1.29 is 29.0 Å². The summed E-state index contributed by atoms with van der Waals surface area (Å²) in [7, 11) is 0. The van der Waals surface area contributed by atoms with Gasteiger partial charge in [-0.25, -0.2) is 0 Å². The number of amides is 1. The number of carbonyl (C=O) groups is 3. The lowest BCUT2D eigenvalue weighted by Crippen LogP contribution is -2.36. The second-order valence-electron chi connectivity index (χ2n) is 7.13. The van der Waals surface area contributed by atoms with Gasteiger partial charge in [-0.05, 0) is 13.8 Å². The van der Waals surface area contributed by atoms with Gasteiger partial charge in [0.25, 0.3) is 5.91 Å². The van der Waals surface area contributed by atoms with Crippen LogP contribution in [0.1, 0.15) is 41.0 Å². The molecule has 146 valence electrons. The molecule has 0 aliphatic carbocycles. The molecule has 1 amide bonds. The average molecular weight is 383 g/mol. The molecule has 0 bridgehead atoms. The van der Waals surface area contributed by atoms with Crippen molar-refractivity contribution in [3.8, 4) is 17.2 Å². The Labute approximate surface area is 162 Å². The van der Waals surface area contributed by atoms with Crippen molar-refractivity contribution in [2.24, 2.45) is 0 Å². The second-order valence-corrected chi connectivity index (χ2v) is 7.13. The molecule has 28 heavy (non-hydrogen) atoms. The van der Waals surface area contributed by atoms with E-state index in [1.807, 2.05) is 0 Å². The third-order valence-electron chi connectivity index (χ3n) is 4.22. The fraction of sp³-hybridized carbons (Fsp3) is 0.286. The molecule has 1 aliphatic rings. The Hall–Kier alpha value is -3.35. The first-order valence-electron chi connectivity index (χ1n) is 8.82. The number of aromatic hydroxyl groups is 1. The Morgan fingerprint density at radius 1 is 1.21 bits per heavy atom. The predicted molar refractivity (Wildman–Crippen MR) is 101 cm³/mol. The first-order chi connectivity index (χ1) is 13.2. The lowest BCUT2D eigenvalue weighted by Gasteiger charge is -2.32. The molecular formula is C21H21NO6. The van der Waals surface area contributed by atoms with Crippen molar-refractivity contribution in [2.45, 2.75) is 25.9 Å². The normalized spacial score (nSPS) is 14.6. The van der Waals surface area contributed by atoms with Gasteiger partial charge in [0, 0.05) is 17.7 Å². The van der Waals surface area contributed by atoms with Crippen molar-refractivity contribution in [2.75, 3.05) is 13.2 Å². The second kappa shape index (κ2) is 7.72. The molecule has 1 heterocycles. The Morgan fingerprint density at radius 2 is 1.93 bits per heavy atom. The number of carbonyl (C=O) groups excluding carboxylic acids is 3. The molecule has 0 unspecified atom stereocenters. The monoisotopic (exact) mass is 383 g/mol. The summed E-state index contributed by atoms with van der Waals surface area (Å²) >= 11 is 0. The molecule has 0 saturated carbocycles. The Morgan fingerprint density at radius 3 is 2.64 bits per heavy atom. The third-order valence-corrected chi connectivity index (χ3v) is 4.22. The highest BCUT2D eigenvalue weighted by Crippen LogP contribution is 2.40. The van der Waals surface area contributed by atoms with Crippen molar-refractivity contribution >= 4 is 17.5 Å². The molecule has 2 aromatic carbocycles. The SMILES string of the molecule is CC1(C)CC(=O)c2c(O)cc(OCC(=O)NCC(=O)c3ccccc3)cc2O1. The summed E-state index contributed by atoms with van der Waals surface area (Å²) in [5.41, 5.74) is -0.0676. The van der Waals surface area contributed by atoms with Crippen LogP contribution >= 0.6 is 0 Å². The van der Waals surface area contributed by atoms with Crippen LogP contribution in [0.15, 0.2) is 42.5 Å². The van der Waals surface area contributed by atoms with Crippen LogP contribution in [0.2, 0.25) is 0 Å². The van der Waals surface area contributed by atoms with Crippen LogP contribution in [0.5, 0.6) is 17.2 Å². The van der Waals surface area contributed by atoms with E-state index in [1.54, 1.807) is 44.2 Å². The summed E-state index contributed by atoms with van der Waals surface area (Å²) in [6, 6.07) is 11.4. The molecular weight excluding hydrogens is 362 g/mol. The van der Waals surface area contributed by atoms with E-state index in [1.165, 1.54) is 12.1 Å². The predicted octanol–water partition coefficient (Wildman–Crippen LogP) is 2.51. The largest absolute Gasteiger partial charge is 0.507 e. The molecule has 0 atom stereocenters. The maximum atomic E-state index is 12.2. The highest BCUT2D eigenvalue weighted by Gasteiger charge is 2.35. The molecule has 3 rings (SSSR count). The minimum Gasteiger partial charge on any atom is -0.507 e. The van der Waals surface area contributed by atoms with Gasteiger partial charge in [-0.1, -0.05) is 30.3 Å². The van der Waals surface area contributed by atoms with E-state index in [0.29, 0.717) is 5.56 Å². The Balaban J connectivity index is 1.59. The molecule has 0 aromatic heterocycles. The first-order valence-corrected chi connectivity index (χ1v) is 8.82. The topological polar surface area (TPSA) is 102 Å². The first kappa shape index (κ1) is 19.4. The number of phenols is 1. The van der Waals surface area contributed by atoms with Crippen LogP contribution in [0.3, 0.4) is 0 Å². The van der Waals surface area contributed by atoms with E-state index in [0.717, 1.165) is 0 Å². The van der Waals surface area contributed by atoms with Crippen LogP contribution in [-0.4, -0.2) is 41.3 Å². The van der Waals surface area contributed by atoms with E-state index in [4.69, 9.17) is 9.47 Å². The summed E-state index contributed by atoms with van der Waals surface area (Å²) in [5, 5.41) is 12.6. The van der Waals surface area contributed by atoms with Gasteiger partial charge in [0.05, 0.1) is 13.0 Å². The highest BCUT2D eigenvalue weighted by atomic mass is 16.5. The fourth-order valence-corrected chi connectivity index (χ4v) is 2.93. The zero-order chi connectivity index (χ0) is 20.3. The number of benzene rings is 2. The number of phenolic OH excluding ortho intramolecular Hbond substituents is 1. The van der Waals surface area contributed by atoms with Gasteiger partial charge >= 0.3 is 0 Å². The number of ether oxygens (including phenoxy) is 2. The summed E-state index contributed by atoms with van der Waals surface area (Å²) in [5.74, 6) is -0.768. The molecule has 0 fully saturated rings. The summed E-state index contributed by atoms with van der Waals surface area (Å²) in [4.78, 5) is 36.1. The smallest absolute Gasteiger partial charge is 0.258 e. The molecule has 0 radical (unpaired) electrons. The number of Topliss-reactive ketones (excluding diaryl/α,β-unsaturated/α-hetero) is 2. The van der Waals surface area contributed by atoms with E-state index < -0.39 is 11.5 Å². The molecule has 0 saturated heterocycles. The van der Waals surface area contributed by atoms with Gasteiger partial charge in [0.1, 0.15) is 28.4 Å².